The average molecular weight is 1010 g/mol. The summed E-state index contributed by atoms with van der Waals surface area (Å²) in [6.07, 6.45) is 23.1. The van der Waals surface area contributed by atoms with Crippen molar-refractivity contribution in [2.75, 3.05) is 41.3 Å². The van der Waals surface area contributed by atoms with Crippen molar-refractivity contribution < 1.29 is 44.8 Å². The number of rotatable bonds is 7. The Hall–Kier alpha value is -2.17. The van der Waals surface area contributed by atoms with Gasteiger partial charge in [0.15, 0.2) is 0 Å². The van der Waals surface area contributed by atoms with Gasteiger partial charge in [-0.3, -0.25) is 11.8 Å². The van der Waals surface area contributed by atoms with Gasteiger partial charge in [-0.1, -0.05) is 98.1 Å². The molecule has 0 bridgehead atoms. The molecule has 0 N–H and O–H groups in total. The Bertz CT molecular complexity index is 1610. The van der Waals surface area contributed by atoms with Gasteiger partial charge in [-0.15, -0.1) is 29.3 Å². The SMILES string of the molecule is CN(C)CCCCN(C)C.[Au].[Au].[C-]#CC(=C)/C=C\C1=Cc2ccccc2[Si]1(C)C.[C-]#Cc1ccc2c(c1)-c1ccccc1[Si]2(C)C. The third-order valence-electron chi connectivity index (χ3n) is 8.48. The standard InChI is InChI=1S/C16H13Si.C16H15Si.C8H20N2.2Au/c1-4-12-9-10-16-14(11-12)13-7-5-6-8-15(13)17(16,2)3;1-5-13(2)10-11-15-12-14-8-6-7-9-16(14)17(15,3)4;1-9(2)7-5-6-8-10(3)4;;/h5-11H,2-3H3;6-12H,2H2,3-4H3;5-8H2,1-4H3;;/q2*-1;;;/b;11-10-;;;. The van der Waals surface area contributed by atoms with Crippen LogP contribution in [0, 0.1) is 24.7 Å². The molecule has 0 amide bonds. The molecule has 0 aliphatic carbocycles. The summed E-state index contributed by atoms with van der Waals surface area (Å²) in [5.74, 6) is 4.77. The zero-order valence-corrected chi connectivity index (χ0v) is 34.9. The third-order valence-corrected chi connectivity index (χ3v) is 15.6. The molecule has 6 heteroatoms. The van der Waals surface area contributed by atoms with Gasteiger partial charge >= 0.3 is 0 Å². The summed E-state index contributed by atoms with van der Waals surface area (Å²) < 4.78 is 0. The van der Waals surface area contributed by atoms with E-state index in [-0.39, 0.29) is 44.8 Å². The van der Waals surface area contributed by atoms with Crippen molar-refractivity contribution in [3.8, 4) is 23.0 Å². The molecule has 2 aliphatic rings. The van der Waals surface area contributed by atoms with Crippen molar-refractivity contribution in [1.29, 1.82) is 0 Å². The number of nitrogens with zero attached hydrogens (tertiary/aromatic N) is 2. The van der Waals surface area contributed by atoms with Gasteiger partial charge < -0.3 is 22.6 Å². The summed E-state index contributed by atoms with van der Waals surface area (Å²) in [6, 6.07) is 23.6. The number of hydrogen-bond acceptors (Lipinski definition) is 2. The molecule has 0 atom stereocenters. The maximum absolute atomic E-state index is 7.25. The minimum Gasteiger partial charge on any atom is -0.366 e. The molecule has 3 aromatic carbocycles. The summed E-state index contributed by atoms with van der Waals surface area (Å²) in [5.41, 5.74) is 5.50. The zero-order chi connectivity index (χ0) is 32.5. The minimum atomic E-state index is -1.53. The summed E-state index contributed by atoms with van der Waals surface area (Å²) in [4.78, 5) is 4.46. The summed E-state index contributed by atoms with van der Waals surface area (Å²) in [6.45, 7) is 15.7. The minimum absolute atomic E-state index is 0. The number of hydrogen-bond donors (Lipinski definition) is 0. The van der Waals surface area contributed by atoms with Crippen LogP contribution in [0.4, 0.5) is 0 Å². The molecule has 2 nitrogen and oxygen atoms in total. The van der Waals surface area contributed by atoms with Gasteiger partial charge in [-0.05, 0) is 86.4 Å². The van der Waals surface area contributed by atoms with Crippen molar-refractivity contribution in [1.82, 2.24) is 9.80 Å². The Kier molecular flexibility index (Phi) is 17.3. The van der Waals surface area contributed by atoms with Crippen LogP contribution >= 0.6 is 0 Å². The monoisotopic (exact) mass is 1010 g/mol. The van der Waals surface area contributed by atoms with Crippen molar-refractivity contribution >= 4 is 37.8 Å². The molecular weight excluding hydrogens is 959 g/mol. The van der Waals surface area contributed by atoms with Crippen LogP contribution in [0.15, 0.2) is 96.2 Å². The second-order valence-corrected chi connectivity index (χ2v) is 21.9. The van der Waals surface area contributed by atoms with Crippen molar-refractivity contribution in [2.45, 2.75) is 39.0 Å². The van der Waals surface area contributed by atoms with Crippen LogP contribution in [0.1, 0.15) is 24.0 Å². The fourth-order valence-electron chi connectivity index (χ4n) is 5.84. The Morgan fingerprint density at radius 3 is 1.83 bits per heavy atom. The number of unbranched alkanes of at least 4 members (excludes halogenated alkanes) is 1. The van der Waals surface area contributed by atoms with Gasteiger partial charge in [0.05, 0.1) is 0 Å². The maximum atomic E-state index is 7.25. The van der Waals surface area contributed by atoms with E-state index in [1.165, 1.54) is 63.4 Å². The molecule has 5 rings (SSSR count). The predicted octanol–water partition coefficient (Wildman–Crippen LogP) is 6.55. The average Bonchev–Trinajstić information content (AvgIpc) is 3.40. The first kappa shape index (κ1) is 41.9. The fourth-order valence-corrected chi connectivity index (χ4v) is 11.6. The van der Waals surface area contributed by atoms with E-state index < -0.39 is 16.1 Å². The van der Waals surface area contributed by atoms with Crippen LogP contribution in [0.5, 0.6) is 0 Å². The molecular formula is C40H48Au2N2Si2-2. The van der Waals surface area contributed by atoms with Crippen molar-refractivity contribution in [3.05, 3.63) is 120 Å². The Morgan fingerprint density at radius 1 is 0.739 bits per heavy atom. The molecule has 2 radical (unpaired) electrons. The summed E-state index contributed by atoms with van der Waals surface area (Å²) >= 11 is 0. The first-order valence-corrected chi connectivity index (χ1v) is 21.4. The van der Waals surface area contributed by atoms with Gasteiger partial charge in [-0.25, -0.2) is 0 Å². The number of benzene rings is 3. The Balaban J connectivity index is 0.000000351. The van der Waals surface area contributed by atoms with Gasteiger partial charge in [-0.2, -0.15) is 6.58 Å². The van der Waals surface area contributed by atoms with Gasteiger partial charge in [0.25, 0.3) is 0 Å². The van der Waals surface area contributed by atoms with E-state index in [4.69, 9.17) is 12.8 Å². The van der Waals surface area contributed by atoms with Crippen molar-refractivity contribution in [3.63, 3.8) is 0 Å². The topological polar surface area (TPSA) is 6.48 Å². The summed E-state index contributed by atoms with van der Waals surface area (Å²) in [5, 5.41) is 5.87. The van der Waals surface area contributed by atoms with Crippen LogP contribution in [-0.4, -0.2) is 67.2 Å². The quantitative estimate of drug-likeness (QED) is 0.0873. The number of allylic oxidation sites excluding steroid dienone is 4. The Labute approximate surface area is 313 Å². The maximum Gasteiger partial charge on any atom is 0.113 e. The first-order chi connectivity index (χ1) is 20.8. The first-order valence-electron chi connectivity index (χ1n) is 15.4. The van der Waals surface area contributed by atoms with E-state index in [1.807, 2.05) is 12.1 Å². The second kappa shape index (κ2) is 19.0. The van der Waals surface area contributed by atoms with Crippen LogP contribution in [0.25, 0.3) is 17.2 Å². The zero-order valence-electron chi connectivity index (χ0n) is 28.6. The van der Waals surface area contributed by atoms with Crippen LogP contribution < -0.4 is 15.6 Å². The van der Waals surface area contributed by atoms with E-state index in [9.17, 15) is 0 Å². The second-order valence-electron chi connectivity index (χ2n) is 13.2. The predicted molar refractivity (Wildman–Crippen MR) is 198 cm³/mol. The van der Waals surface area contributed by atoms with E-state index >= 15 is 0 Å². The number of fused-ring (bicyclic) bond motifs is 4. The normalized spacial score (nSPS) is 14.0. The van der Waals surface area contributed by atoms with Gasteiger partial charge in [0.2, 0.25) is 0 Å². The molecule has 250 valence electrons. The van der Waals surface area contributed by atoms with E-state index in [0.717, 1.165) is 5.56 Å². The smallest absolute Gasteiger partial charge is 0.113 e. The van der Waals surface area contributed by atoms with E-state index in [2.05, 4.69) is 155 Å². The van der Waals surface area contributed by atoms with Crippen LogP contribution in [0.3, 0.4) is 0 Å². The molecule has 3 aromatic rings. The Morgan fingerprint density at radius 2 is 1.28 bits per heavy atom. The molecule has 2 aliphatic heterocycles. The molecule has 0 saturated heterocycles. The van der Waals surface area contributed by atoms with E-state index in [1.54, 1.807) is 0 Å². The van der Waals surface area contributed by atoms with E-state index in [0.29, 0.717) is 5.57 Å². The molecule has 0 saturated carbocycles. The van der Waals surface area contributed by atoms with Crippen LogP contribution in [0.2, 0.25) is 26.2 Å². The largest absolute Gasteiger partial charge is 0.366 e. The molecule has 0 fully saturated rings. The van der Waals surface area contributed by atoms with Crippen molar-refractivity contribution in [2.24, 2.45) is 0 Å². The van der Waals surface area contributed by atoms with Gasteiger partial charge in [0, 0.05) is 44.8 Å². The molecule has 46 heavy (non-hydrogen) atoms. The fraction of sp³-hybridized carbons (Fsp3) is 0.300. The molecule has 0 spiro atoms. The van der Waals surface area contributed by atoms with Gasteiger partial charge in [0.1, 0.15) is 16.1 Å². The third kappa shape index (κ3) is 10.7. The molecule has 2 heterocycles. The summed E-state index contributed by atoms with van der Waals surface area (Å²) in [7, 11) is 5.45. The van der Waals surface area contributed by atoms with Crippen LogP contribution in [-0.2, 0) is 44.8 Å². The molecule has 0 unspecified atom stereocenters. The molecule has 0 aromatic heterocycles.